The number of rotatable bonds is 7. The third-order valence-corrected chi connectivity index (χ3v) is 5.86. The summed E-state index contributed by atoms with van der Waals surface area (Å²) >= 11 is 0. The van der Waals surface area contributed by atoms with Crippen molar-refractivity contribution in [3.05, 3.63) is 65.2 Å². The van der Waals surface area contributed by atoms with Crippen molar-refractivity contribution in [2.45, 2.75) is 40.2 Å². The highest BCUT2D eigenvalue weighted by molar-refractivity contribution is 6.08. The number of aromatic nitrogens is 3. The second-order valence-electron chi connectivity index (χ2n) is 8.00. The molecule has 2 aromatic heterocycles. The molecule has 0 aliphatic rings. The Hall–Kier alpha value is -3.41. The number of hydrogen-bond acceptors (Lipinski definition) is 5. The maximum absolute atomic E-state index is 13.1. The van der Waals surface area contributed by atoms with E-state index in [-0.39, 0.29) is 0 Å². The van der Waals surface area contributed by atoms with Crippen molar-refractivity contribution < 1.29 is 9.53 Å². The van der Waals surface area contributed by atoms with Gasteiger partial charge in [-0.1, -0.05) is 68.7 Å². The summed E-state index contributed by atoms with van der Waals surface area (Å²) in [6.45, 7) is 7.12. The Morgan fingerprint density at radius 2 is 1.68 bits per heavy atom. The molecule has 0 spiro atoms. The maximum Gasteiger partial charge on any atom is 0.344 e. The molecule has 4 rings (SSSR count). The largest absolute Gasteiger partial charge is 0.462 e. The Kier molecular flexibility index (Phi) is 5.89. The number of nitrogens with zero attached hydrogens (tertiary/aromatic N) is 3. The van der Waals surface area contributed by atoms with E-state index in [1.807, 2.05) is 28.8 Å². The Morgan fingerprint density at radius 1 is 1.03 bits per heavy atom. The first-order chi connectivity index (χ1) is 15.0. The van der Waals surface area contributed by atoms with Crippen LogP contribution in [0.5, 0.6) is 0 Å². The number of aryl methyl sites for hydroxylation is 1. The molecule has 31 heavy (non-hydrogen) atoms. The number of benzene rings is 2. The molecular formula is C25H28N4O2. The van der Waals surface area contributed by atoms with Gasteiger partial charge in [0, 0.05) is 0 Å². The van der Waals surface area contributed by atoms with E-state index >= 15 is 0 Å². The summed E-state index contributed by atoms with van der Waals surface area (Å²) in [6, 6.07) is 15.8. The van der Waals surface area contributed by atoms with Gasteiger partial charge in [0.05, 0.1) is 24.2 Å². The van der Waals surface area contributed by atoms with Crippen LogP contribution in [0.15, 0.2) is 48.5 Å². The van der Waals surface area contributed by atoms with E-state index in [9.17, 15) is 4.79 Å². The van der Waals surface area contributed by atoms with Crippen LogP contribution in [0, 0.1) is 12.8 Å². The molecule has 2 aromatic carbocycles. The minimum atomic E-state index is -0.443. The second kappa shape index (κ2) is 8.76. The van der Waals surface area contributed by atoms with E-state index in [1.54, 1.807) is 0 Å². The number of esters is 1. The zero-order valence-corrected chi connectivity index (χ0v) is 18.3. The van der Waals surface area contributed by atoms with Crippen LogP contribution in [0.25, 0.3) is 22.2 Å². The van der Waals surface area contributed by atoms with Gasteiger partial charge in [-0.15, -0.1) is 0 Å². The zero-order chi connectivity index (χ0) is 22.0. The van der Waals surface area contributed by atoms with E-state index in [1.165, 1.54) is 5.56 Å². The standard InChI is InChI=1S/C25H28N4O2/c1-4-17(5-2)15-31-25(30)21-22-24(28-20-9-7-6-8-19(20)27-22)29(23(21)26)14-18-12-10-16(3)11-13-18/h6-13,17H,4-5,14-15,26H2,1-3H3. The Bertz CT molecular complexity index is 1220. The fourth-order valence-corrected chi connectivity index (χ4v) is 3.74. The van der Waals surface area contributed by atoms with Gasteiger partial charge >= 0.3 is 5.97 Å². The summed E-state index contributed by atoms with van der Waals surface area (Å²) < 4.78 is 7.51. The van der Waals surface area contributed by atoms with E-state index in [0.717, 1.165) is 29.4 Å². The normalized spacial score (nSPS) is 11.5. The van der Waals surface area contributed by atoms with Gasteiger partial charge < -0.3 is 15.0 Å². The minimum absolute atomic E-state index is 0.298. The molecule has 6 nitrogen and oxygen atoms in total. The molecule has 2 heterocycles. The van der Waals surface area contributed by atoms with Gasteiger partial charge in [0.15, 0.2) is 5.65 Å². The molecule has 0 atom stereocenters. The Balaban J connectivity index is 1.82. The summed E-state index contributed by atoms with van der Waals surface area (Å²) in [5, 5.41) is 0. The fraction of sp³-hybridized carbons (Fsp3) is 0.320. The number of ether oxygens (including phenoxy) is 1. The Labute approximate surface area is 182 Å². The third kappa shape index (κ3) is 4.10. The third-order valence-electron chi connectivity index (χ3n) is 5.86. The van der Waals surface area contributed by atoms with Crippen LogP contribution < -0.4 is 5.73 Å². The number of para-hydroxylation sites is 2. The summed E-state index contributed by atoms with van der Waals surface area (Å²) in [5.41, 5.74) is 11.6. The summed E-state index contributed by atoms with van der Waals surface area (Å²) in [4.78, 5) is 22.6. The van der Waals surface area contributed by atoms with E-state index in [4.69, 9.17) is 20.4 Å². The topological polar surface area (TPSA) is 83.0 Å². The quantitative estimate of drug-likeness (QED) is 0.423. The SMILES string of the molecule is CCC(CC)COC(=O)c1c(N)n(Cc2ccc(C)cc2)c2nc3ccccc3nc12. The van der Waals surface area contributed by atoms with Crippen LogP contribution in [-0.2, 0) is 11.3 Å². The molecule has 0 aliphatic heterocycles. The van der Waals surface area contributed by atoms with Crippen molar-refractivity contribution in [2.24, 2.45) is 5.92 Å². The molecule has 0 saturated heterocycles. The highest BCUT2D eigenvalue weighted by atomic mass is 16.5. The molecule has 6 heteroatoms. The number of carbonyl (C=O) groups is 1. The van der Waals surface area contributed by atoms with Gasteiger partial charge in [-0.05, 0) is 30.5 Å². The predicted molar refractivity (Wildman–Crippen MR) is 124 cm³/mol. The maximum atomic E-state index is 13.1. The van der Waals surface area contributed by atoms with Crippen LogP contribution in [0.3, 0.4) is 0 Å². The second-order valence-corrected chi connectivity index (χ2v) is 8.00. The Morgan fingerprint density at radius 3 is 2.32 bits per heavy atom. The number of carbonyl (C=O) groups excluding carboxylic acids is 1. The lowest BCUT2D eigenvalue weighted by Gasteiger charge is -2.12. The van der Waals surface area contributed by atoms with Crippen LogP contribution >= 0.6 is 0 Å². The van der Waals surface area contributed by atoms with Gasteiger partial charge in [0.25, 0.3) is 0 Å². The predicted octanol–water partition coefficient (Wildman–Crippen LogP) is 5.12. The van der Waals surface area contributed by atoms with Crippen LogP contribution in [0.2, 0.25) is 0 Å². The van der Waals surface area contributed by atoms with Crippen LogP contribution in [-0.4, -0.2) is 27.1 Å². The first-order valence-electron chi connectivity index (χ1n) is 10.8. The van der Waals surface area contributed by atoms with Crippen LogP contribution in [0.1, 0.15) is 48.2 Å². The molecule has 0 unspecified atom stereocenters. The molecular weight excluding hydrogens is 388 g/mol. The van der Waals surface area contributed by atoms with Crippen molar-refractivity contribution in [3.8, 4) is 0 Å². The average molecular weight is 417 g/mol. The first kappa shape index (κ1) is 20.8. The molecule has 0 radical (unpaired) electrons. The summed E-state index contributed by atoms with van der Waals surface area (Å²) in [5.74, 6) is 0.222. The highest BCUT2D eigenvalue weighted by Crippen LogP contribution is 2.29. The van der Waals surface area contributed by atoms with E-state index in [0.29, 0.717) is 41.6 Å². The van der Waals surface area contributed by atoms with Crippen molar-refractivity contribution in [1.29, 1.82) is 0 Å². The smallest absolute Gasteiger partial charge is 0.344 e. The van der Waals surface area contributed by atoms with Gasteiger partial charge in [-0.3, -0.25) is 0 Å². The van der Waals surface area contributed by atoms with Crippen LogP contribution in [0.4, 0.5) is 5.82 Å². The molecule has 0 amide bonds. The first-order valence-corrected chi connectivity index (χ1v) is 10.8. The van der Waals surface area contributed by atoms with E-state index < -0.39 is 5.97 Å². The number of anilines is 1. The monoisotopic (exact) mass is 416 g/mol. The van der Waals surface area contributed by atoms with Crippen molar-refractivity contribution in [3.63, 3.8) is 0 Å². The fourth-order valence-electron chi connectivity index (χ4n) is 3.74. The molecule has 0 fully saturated rings. The zero-order valence-electron chi connectivity index (χ0n) is 18.3. The lowest BCUT2D eigenvalue weighted by molar-refractivity contribution is 0.0436. The van der Waals surface area contributed by atoms with Gasteiger partial charge in [-0.2, -0.15) is 0 Å². The summed E-state index contributed by atoms with van der Waals surface area (Å²) in [6.07, 6.45) is 1.91. The van der Waals surface area contributed by atoms with Crippen molar-refractivity contribution >= 4 is 34.0 Å². The van der Waals surface area contributed by atoms with Gasteiger partial charge in [0.1, 0.15) is 16.9 Å². The van der Waals surface area contributed by atoms with Gasteiger partial charge in [-0.25, -0.2) is 14.8 Å². The molecule has 160 valence electrons. The molecule has 2 N–H and O–H groups in total. The number of fused-ring (bicyclic) bond motifs is 2. The average Bonchev–Trinajstić information content (AvgIpc) is 3.04. The lowest BCUT2D eigenvalue weighted by atomic mass is 10.1. The van der Waals surface area contributed by atoms with E-state index in [2.05, 4.69) is 45.0 Å². The molecule has 0 aliphatic carbocycles. The van der Waals surface area contributed by atoms with Gasteiger partial charge in [0.2, 0.25) is 0 Å². The molecule has 0 bridgehead atoms. The molecule has 4 aromatic rings. The number of hydrogen-bond donors (Lipinski definition) is 1. The number of nitrogen functional groups attached to an aromatic ring is 1. The number of nitrogens with two attached hydrogens (primary N) is 1. The summed E-state index contributed by atoms with van der Waals surface area (Å²) in [7, 11) is 0. The van der Waals surface area contributed by atoms with Crippen molar-refractivity contribution in [1.82, 2.24) is 14.5 Å². The molecule has 0 saturated carbocycles. The van der Waals surface area contributed by atoms with Crippen molar-refractivity contribution in [2.75, 3.05) is 12.3 Å². The minimum Gasteiger partial charge on any atom is -0.462 e. The highest BCUT2D eigenvalue weighted by Gasteiger charge is 2.25. The lowest BCUT2D eigenvalue weighted by Crippen LogP contribution is -2.15.